The zero-order valence-corrected chi connectivity index (χ0v) is 18.4. The maximum atomic E-state index is 11.8. The summed E-state index contributed by atoms with van der Waals surface area (Å²) in [7, 11) is 0. The van der Waals surface area contributed by atoms with Crippen LogP contribution < -0.4 is 0 Å². The summed E-state index contributed by atoms with van der Waals surface area (Å²) in [6, 6.07) is 8.22. The first-order chi connectivity index (χ1) is 14.8. The molecular formula is C22H32O9. The van der Waals surface area contributed by atoms with Crippen molar-refractivity contribution in [3.8, 4) is 0 Å². The molecule has 0 aromatic heterocycles. The van der Waals surface area contributed by atoms with Crippen LogP contribution in [0.25, 0.3) is 0 Å². The average Bonchev–Trinajstić information content (AvgIpc) is 2.72. The zero-order valence-electron chi connectivity index (χ0n) is 18.4. The number of hydrogen-bond acceptors (Lipinski definition) is 9. The second-order valence-electron chi connectivity index (χ2n) is 7.31. The molecule has 31 heavy (non-hydrogen) atoms. The fourth-order valence-corrected chi connectivity index (χ4v) is 2.15. The smallest absolute Gasteiger partial charge is 0.379 e. The number of benzene rings is 1. The molecule has 0 aliphatic rings. The van der Waals surface area contributed by atoms with Gasteiger partial charge >= 0.3 is 11.9 Å². The molecule has 0 saturated carbocycles. The van der Waals surface area contributed by atoms with Crippen LogP contribution in [0, 0.1) is 0 Å². The van der Waals surface area contributed by atoms with Crippen molar-refractivity contribution in [1.29, 1.82) is 0 Å². The van der Waals surface area contributed by atoms with Gasteiger partial charge in [0.1, 0.15) is 18.8 Å². The quantitative estimate of drug-likeness (QED) is 0.165. The highest BCUT2D eigenvalue weighted by molar-refractivity contribution is 6.40. The van der Waals surface area contributed by atoms with Crippen LogP contribution in [-0.2, 0) is 38.0 Å². The highest BCUT2D eigenvalue weighted by atomic mass is 16.6. The number of hydrogen-bond donors (Lipinski definition) is 0. The standard InChI is InChI=1S/C22H32O9/c1-22(2,3)31-19(23)17-29-14-13-27-10-9-26-11-12-28-15-16-30-21(25)20(24)18-7-5-4-6-8-18/h4-8H,9-17H2,1-3H3. The molecule has 174 valence electrons. The van der Waals surface area contributed by atoms with Crippen LogP contribution in [0.1, 0.15) is 31.1 Å². The fraction of sp³-hybridized carbons (Fsp3) is 0.591. The van der Waals surface area contributed by atoms with Gasteiger partial charge in [-0.2, -0.15) is 0 Å². The van der Waals surface area contributed by atoms with Gasteiger partial charge in [-0.3, -0.25) is 4.79 Å². The summed E-state index contributed by atoms with van der Waals surface area (Å²) in [5.41, 5.74) is -0.234. The van der Waals surface area contributed by atoms with Crippen LogP contribution in [0.4, 0.5) is 0 Å². The molecule has 0 heterocycles. The van der Waals surface area contributed by atoms with E-state index in [4.69, 9.17) is 28.4 Å². The normalized spacial score (nSPS) is 11.2. The van der Waals surface area contributed by atoms with Crippen LogP contribution in [-0.4, -0.2) is 82.8 Å². The van der Waals surface area contributed by atoms with Gasteiger partial charge in [-0.15, -0.1) is 0 Å². The van der Waals surface area contributed by atoms with Crippen molar-refractivity contribution in [2.45, 2.75) is 26.4 Å². The van der Waals surface area contributed by atoms with Gasteiger partial charge in [0, 0.05) is 5.56 Å². The third-order valence-electron chi connectivity index (χ3n) is 3.44. The van der Waals surface area contributed by atoms with E-state index in [0.717, 1.165) is 0 Å². The van der Waals surface area contributed by atoms with E-state index in [1.165, 1.54) is 0 Å². The molecular weight excluding hydrogens is 408 g/mol. The van der Waals surface area contributed by atoms with Crippen LogP contribution in [0.15, 0.2) is 30.3 Å². The van der Waals surface area contributed by atoms with Crippen molar-refractivity contribution in [2.24, 2.45) is 0 Å². The number of esters is 2. The van der Waals surface area contributed by atoms with E-state index in [0.29, 0.717) is 38.6 Å². The summed E-state index contributed by atoms with van der Waals surface area (Å²) in [5, 5.41) is 0. The second kappa shape index (κ2) is 15.5. The van der Waals surface area contributed by atoms with Crippen LogP contribution in [0.5, 0.6) is 0 Å². The Labute approximate surface area is 182 Å². The van der Waals surface area contributed by atoms with Crippen molar-refractivity contribution in [2.75, 3.05) is 59.5 Å². The minimum atomic E-state index is -0.904. The van der Waals surface area contributed by atoms with E-state index in [1.807, 2.05) is 0 Å². The van der Waals surface area contributed by atoms with E-state index in [1.54, 1.807) is 51.1 Å². The second-order valence-corrected chi connectivity index (χ2v) is 7.31. The molecule has 0 unspecified atom stereocenters. The topological polar surface area (TPSA) is 107 Å². The van der Waals surface area contributed by atoms with Crippen molar-refractivity contribution >= 4 is 17.7 Å². The minimum absolute atomic E-state index is 0.0101. The number of Topliss-reactive ketones (excluding diaryl/α,β-unsaturated/α-hetero) is 1. The Balaban J connectivity index is 1.86. The molecule has 0 N–H and O–H groups in total. The maximum absolute atomic E-state index is 11.8. The van der Waals surface area contributed by atoms with Crippen molar-refractivity contribution in [1.82, 2.24) is 0 Å². The SMILES string of the molecule is CC(C)(C)OC(=O)COCCOCCOCCOCCOC(=O)C(=O)c1ccccc1. The molecule has 0 saturated heterocycles. The molecule has 0 bridgehead atoms. The molecule has 0 radical (unpaired) electrons. The first-order valence-electron chi connectivity index (χ1n) is 10.1. The number of ether oxygens (including phenoxy) is 6. The number of carbonyl (C=O) groups excluding carboxylic acids is 3. The molecule has 0 atom stereocenters. The van der Waals surface area contributed by atoms with Gasteiger partial charge < -0.3 is 28.4 Å². The first kappa shape index (κ1) is 26.7. The average molecular weight is 440 g/mol. The summed E-state index contributed by atoms with van der Waals surface area (Å²) in [4.78, 5) is 34.9. The molecule has 9 nitrogen and oxygen atoms in total. The number of ketones is 1. The number of rotatable bonds is 16. The largest absolute Gasteiger partial charge is 0.458 e. The third-order valence-corrected chi connectivity index (χ3v) is 3.44. The molecule has 0 amide bonds. The van der Waals surface area contributed by atoms with Crippen molar-refractivity contribution in [3.05, 3.63) is 35.9 Å². The summed E-state index contributed by atoms with van der Waals surface area (Å²) >= 11 is 0. The Bertz CT molecular complexity index is 653. The maximum Gasteiger partial charge on any atom is 0.379 e. The van der Waals surface area contributed by atoms with Crippen LogP contribution in [0.3, 0.4) is 0 Å². The lowest BCUT2D eigenvalue weighted by Crippen LogP contribution is -2.27. The Morgan fingerprint density at radius 3 is 1.71 bits per heavy atom. The lowest BCUT2D eigenvalue weighted by molar-refractivity contribution is -0.160. The van der Waals surface area contributed by atoms with Gasteiger partial charge in [-0.1, -0.05) is 30.3 Å². The fourth-order valence-electron chi connectivity index (χ4n) is 2.15. The van der Waals surface area contributed by atoms with Gasteiger partial charge in [-0.25, -0.2) is 9.59 Å². The summed E-state index contributed by atoms with van der Waals surface area (Å²) in [6.07, 6.45) is 0. The Morgan fingerprint density at radius 2 is 1.19 bits per heavy atom. The Kier molecular flexibility index (Phi) is 13.3. The van der Waals surface area contributed by atoms with Crippen molar-refractivity contribution < 1.29 is 42.8 Å². The molecule has 1 aromatic rings. The molecule has 9 heteroatoms. The van der Waals surface area contributed by atoms with Gasteiger partial charge in [0.2, 0.25) is 0 Å². The summed E-state index contributed by atoms with van der Waals surface area (Å²) in [6.45, 7) is 7.51. The minimum Gasteiger partial charge on any atom is -0.458 e. The van der Waals surface area contributed by atoms with E-state index >= 15 is 0 Å². The van der Waals surface area contributed by atoms with E-state index in [9.17, 15) is 14.4 Å². The number of carbonyl (C=O) groups is 3. The van der Waals surface area contributed by atoms with Gasteiger partial charge in [-0.05, 0) is 20.8 Å². The van der Waals surface area contributed by atoms with E-state index in [2.05, 4.69) is 0 Å². The van der Waals surface area contributed by atoms with Crippen molar-refractivity contribution in [3.63, 3.8) is 0 Å². The summed E-state index contributed by atoms with van der Waals surface area (Å²) < 4.78 is 31.1. The predicted molar refractivity (Wildman–Crippen MR) is 111 cm³/mol. The summed E-state index contributed by atoms with van der Waals surface area (Å²) in [5.74, 6) is -1.99. The van der Waals surface area contributed by atoms with E-state index in [-0.39, 0.29) is 26.4 Å². The Morgan fingerprint density at radius 1 is 0.710 bits per heavy atom. The predicted octanol–water partition coefficient (Wildman–Crippen LogP) is 1.82. The molecule has 0 aliphatic heterocycles. The molecule has 0 aliphatic carbocycles. The third kappa shape index (κ3) is 14.3. The highest BCUT2D eigenvalue weighted by Crippen LogP contribution is 2.06. The van der Waals surface area contributed by atoms with Crippen LogP contribution in [0.2, 0.25) is 0 Å². The highest BCUT2D eigenvalue weighted by Gasteiger charge is 2.17. The molecule has 0 spiro atoms. The van der Waals surface area contributed by atoms with Gasteiger partial charge in [0.05, 0.1) is 46.2 Å². The first-order valence-corrected chi connectivity index (χ1v) is 10.1. The lowest BCUT2D eigenvalue weighted by Gasteiger charge is -2.19. The zero-order chi connectivity index (χ0) is 23.0. The van der Waals surface area contributed by atoms with Gasteiger partial charge in [0.15, 0.2) is 0 Å². The Hall–Kier alpha value is -2.33. The van der Waals surface area contributed by atoms with E-state index < -0.39 is 23.3 Å². The monoisotopic (exact) mass is 440 g/mol. The lowest BCUT2D eigenvalue weighted by atomic mass is 10.1. The molecule has 1 aromatic carbocycles. The van der Waals surface area contributed by atoms with Gasteiger partial charge in [0.25, 0.3) is 5.78 Å². The molecule has 1 rings (SSSR count). The van der Waals surface area contributed by atoms with Crippen LogP contribution >= 0.6 is 0 Å². The molecule has 0 fully saturated rings.